The Balaban J connectivity index is 1.62. The van der Waals surface area contributed by atoms with Crippen LogP contribution in [0.2, 0.25) is 0 Å². The Kier molecular flexibility index (Phi) is 4.69. The van der Waals surface area contributed by atoms with Gasteiger partial charge in [-0.1, -0.05) is 0 Å². The van der Waals surface area contributed by atoms with Crippen LogP contribution in [-0.2, 0) is 4.74 Å². The average Bonchev–Trinajstić information content (AvgIpc) is 2.51. The Bertz CT molecular complexity index is 567. The van der Waals surface area contributed by atoms with Crippen molar-refractivity contribution in [3.63, 3.8) is 0 Å². The molecule has 1 aromatic rings. The lowest BCUT2D eigenvalue weighted by Crippen LogP contribution is -2.72. The van der Waals surface area contributed by atoms with Gasteiger partial charge >= 0.3 is 0 Å². The summed E-state index contributed by atoms with van der Waals surface area (Å²) < 4.78 is 5.62. The van der Waals surface area contributed by atoms with E-state index in [1.165, 1.54) is 6.42 Å². The average molecular weight is 317 g/mol. The first-order valence-electron chi connectivity index (χ1n) is 8.54. The van der Waals surface area contributed by atoms with E-state index < -0.39 is 0 Å². The number of likely N-dealkylation sites (N-methyl/N-ethyl adjacent to an activating group) is 1. The van der Waals surface area contributed by atoms with E-state index in [2.05, 4.69) is 16.9 Å². The number of rotatable bonds is 4. The first-order chi connectivity index (χ1) is 11.0. The second-order valence-corrected chi connectivity index (χ2v) is 7.08. The van der Waals surface area contributed by atoms with Crippen LogP contribution in [0.25, 0.3) is 0 Å². The molecule has 0 N–H and O–H groups in total. The number of nitrogens with zero attached hydrogens (tertiary/aromatic N) is 3. The van der Waals surface area contributed by atoms with Crippen molar-refractivity contribution < 1.29 is 9.53 Å². The number of aryl methyl sites for hydroxylation is 1. The van der Waals surface area contributed by atoms with Crippen LogP contribution in [0.4, 0.5) is 0 Å². The van der Waals surface area contributed by atoms with Crippen molar-refractivity contribution in [2.45, 2.75) is 32.2 Å². The van der Waals surface area contributed by atoms with E-state index in [9.17, 15) is 4.79 Å². The fourth-order valence-corrected chi connectivity index (χ4v) is 3.87. The molecular formula is C18H27N3O2. The van der Waals surface area contributed by atoms with Crippen molar-refractivity contribution in [1.29, 1.82) is 0 Å². The van der Waals surface area contributed by atoms with Gasteiger partial charge in [0.15, 0.2) is 0 Å². The largest absolute Gasteiger partial charge is 0.381 e. The number of piperidine rings is 1. The molecule has 2 aliphatic rings. The molecule has 0 unspecified atom stereocenters. The van der Waals surface area contributed by atoms with Crippen LogP contribution in [0.5, 0.6) is 0 Å². The first kappa shape index (κ1) is 16.4. The number of pyridine rings is 1. The molecule has 5 nitrogen and oxygen atoms in total. The second-order valence-electron chi connectivity index (χ2n) is 7.08. The van der Waals surface area contributed by atoms with Crippen molar-refractivity contribution in [3.05, 3.63) is 29.6 Å². The SMILES string of the molecule is CCOC[C@H]1CCN(C)C2(C1)CN(C(=O)c1cncc(C)c1)C2. The molecule has 0 aliphatic carbocycles. The van der Waals surface area contributed by atoms with Crippen molar-refractivity contribution >= 4 is 5.91 Å². The third-order valence-electron chi connectivity index (χ3n) is 5.29. The highest BCUT2D eigenvalue weighted by Crippen LogP contribution is 2.38. The predicted octanol–water partition coefficient (Wildman–Crippen LogP) is 1.96. The summed E-state index contributed by atoms with van der Waals surface area (Å²) in [5.41, 5.74) is 1.87. The molecule has 5 heteroatoms. The van der Waals surface area contributed by atoms with E-state index in [1.54, 1.807) is 12.4 Å². The number of ether oxygens (including phenoxy) is 1. The van der Waals surface area contributed by atoms with Crippen molar-refractivity contribution in [2.75, 3.05) is 39.9 Å². The fourth-order valence-electron chi connectivity index (χ4n) is 3.87. The summed E-state index contributed by atoms with van der Waals surface area (Å²) in [6.45, 7) is 8.37. The normalized spacial score (nSPS) is 23.8. The summed E-state index contributed by atoms with van der Waals surface area (Å²) >= 11 is 0. The molecule has 3 rings (SSSR count). The number of hydrogen-bond acceptors (Lipinski definition) is 4. The van der Waals surface area contributed by atoms with Crippen molar-refractivity contribution in [1.82, 2.24) is 14.8 Å². The minimum Gasteiger partial charge on any atom is -0.381 e. The zero-order valence-electron chi connectivity index (χ0n) is 14.4. The van der Waals surface area contributed by atoms with Crippen LogP contribution in [-0.4, -0.2) is 66.1 Å². The van der Waals surface area contributed by atoms with Crippen LogP contribution < -0.4 is 0 Å². The summed E-state index contributed by atoms with van der Waals surface area (Å²) in [4.78, 5) is 21.1. The minimum absolute atomic E-state index is 0.104. The fraction of sp³-hybridized carbons (Fsp3) is 0.667. The molecular weight excluding hydrogens is 290 g/mol. The summed E-state index contributed by atoms with van der Waals surface area (Å²) in [5, 5.41) is 0. The van der Waals surface area contributed by atoms with Crippen molar-refractivity contribution in [2.24, 2.45) is 5.92 Å². The number of carbonyl (C=O) groups excluding carboxylic acids is 1. The van der Waals surface area contributed by atoms with Crippen LogP contribution >= 0.6 is 0 Å². The number of carbonyl (C=O) groups is 1. The van der Waals surface area contributed by atoms with Gasteiger partial charge in [-0.15, -0.1) is 0 Å². The van der Waals surface area contributed by atoms with Gasteiger partial charge in [0, 0.05) is 38.7 Å². The van der Waals surface area contributed by atoms with Crippen LogP contribution in [0.3, 0.4) is 0 Å². The van der Waals surface area contributed by atoms with E-state index in [0.717, 1.165) is 44.8 Å². The molecule has 2 saturated heterocycles. The van der Waals surface area contributed by atoms with Crippen LogP contribution in [0.15, 0.2) is 18.5 Å². The lowest BCUT2D eigenvalue weighted by molar-refractivity contribution is -0.0751. The second kappa shape index (κ2) is 6.57. The molecule has 2 aliphatic heterocycles. The maximum atomic E-state index is 12.6. The van der Waals surface area contributed by atoms with E-state index in [-0.39, 0.29) is 11.4 Å². The van der Waals surface area contributed by atoms with Crippen molar-refractivity contribution in [3.8, 4) is 0 Å². The Morgan fingerprint density at radius 2 is 2.22 bits per heavy atom. The lowest BCUT2D eigenvalue weighted by Gasteiger charge is -2.58. The molecule has 2 fully saturated rings. The number of aromatic nitrogens is 1. The summed E-state index contributed by atoms with van der Waals surface area (Å²) in [5.74, 6) is 0.719. The molecule has 3 heterocycles. The first-order valence-corrected chi connectivity index (χ1v) is 8.54. The van der Waals surface area contributed by atoms with Gasteiger partial charge in [-0.2, -0.15) is 0 Å². The zero-order chi connectivity index (χ0) is 16.4. The number of likely N-dealkylation sites (tertiary alicyclic amines) is 2. The van der Waals surface area contributed by atoms with Gasteiger partial charge in [0.05, 0.1) is 11.1 Å². The maximum Gasteiger partial charge on any atom is 0.255 e. The summed E-state index contributed by atoms with van der Waals surface area (Å²) in [6.07, 6.45) is 5.76. The van der Waals surface area contributed by atoms with E-state index in [0.29, 0.717) is 11.5 Å². The Morgan fingerprint density at radius 1 is 1.43 bits per heavy atom. The third kappa shape index (κ3) is 3.26. The Morgan fingerprint density at radius 3 is 2.91 bits per heavy atom. The number of hydrogen-bond donors (Lipinski definition) is 0. The molecule has 1 atom stereocenters. The van der Waals surface area contributed by atoms with Gasteiger partial charge < -0.3 is 9.64 Å². The topological polar surface area (TPSA) is 45.7 Å². The minimum atomic E-state index is 0.104. The molecule has 1 aromatic heterocycles. The molecule has 1 spiro atoms. The van der Waals surface area contributed by atoms with Crippen LogP contribution in [0.1, 0.15) is 35.7 Å². The maximum absolute atomic E-state index is 12.6. The highest BCUT2D eigenvalue weighted by Gasteiger charge is 2.50. The number of amides is 1. The van der Waals surface area contributed by atoms with E-state index >= 15 is 0 Å². The Labute approximate surface area is 138 Å². The highest BCUT2D eigenvalue weighted by atomic mass is 16.5. The molecule has 0 bridgehead atoms. The van der Waals surface area contributed by atoms with E-state index in [4.69, 9.17) is 4.74 Å². The quantitative estimate of drug-likeness (QED) is 0.852. The molecule has 23 heavy (non-hydrogen) atoms. The van der Waals surface area contributed by atoms with E-state index in [1.807, 2.05) is 24.8 Å². The smallest absolute Gasteiger partial charge is 0.255 e. The molecule has 1 amide bonds. The predicted molar refractivity (Wildman–Crippen MR) is 89.5 cm³/mol. The van der Waals surface area contributed by atoms with Gasteiger partial charge in [0.2, 0.25) is 0 Å². The molecule has 126 valence electrons. The molecule has 0 radical (unpaired) electrons. The lowest BCUT2D eigenvalue weighted by atomic mass is 9.75. The van der Waals surface area contributed by atoms with Gasteiger partial charge in [-0.25, -0.2) is 0 Å². The standard InChI is InChI=1S/C18H27N3O2/c1-4-23-11-15-5-6-20(3)18(8-15)12-21(13-18)17(22)16-7-14(2)9-19-10-16/h7,9-10,15H,4-6,8,11-13H2,1-3H3/t15-/m0/s1. The molecule has 0 saturated carbocycles. The monoisotopic (exact) mass is 317 g/mol. The summed E-state index contributed by atoms with van der Waals surface area (Å²) in [6, 6.07) is 1.92. The van der Waals surface area contributed by atoms with Gasteiger partial charge in [0.25, 0.3) is 5.91 Å². The molecule has 0 aromatic carbocycles. The van der Waals surface area contributed by atoms with Gasteiger partial charge in [0.1, 0.15) is 0 Å². The third-order valence-corrected chi connectivity index (χ3v) is 5.29. The van der Waals surface area contributed by atoms with Crippen LogP contribution in [0, 0.1) is 12.8 Å². The highest BCUT2D eigenvalue weighted by molar-refractivity contribution is 5.94. The van der Waals surface area contributed by atoms with Gasteiger partial charge in [-0.05, 0) is 57.8 Å². The Hall–Kier alpha value is -1.46. The summed E-state index contributed by atoms with van der Waals surface area (Å²) in [7, 11) is 2.19. The van der Waals surface area contributed by atoms with Gasteiger partial charge in [-0.3, -0.25) is 14.7 Å². The zero-order valence-corrected chi connectivity index (χ0v) is 14.4.